The number of hydrogen-bond donors (Lipinski definition) is 4. The maximum absolute atomic E-state index is 12.3. The van der Waals surface area contributed by atoms with Crippen LogP contribution in [-0.4, -0.2) is 64.9 Å². The number of rotatable bonds is 40. The molecule has 4 N–H and O–H groups in total. The molecule has 0 aromatic rings. The van der Waals surface area contributed by atoms with Crippen molar-refractivity contribution in [1.82, 2.24) is 5.32 Å². The van der Waals surface area contributed by atoms with Crippen molar-refractivity contribution in [1.29, 1.82) is 0 Å². The van der Waals surface area contributed by atoms with Gasteiger partial charge in [0.05, 0.1) is 13.2 Å². The molecule has 0 aliphatic carbocycles. The normalized spacial score (nSPS) is 13.9. The Balaban J connectivity index is 3.86. The Morgan fingerprint density at radius 2 is 0.981 bits per heavy atom. The van der Waals surface area contributed by atoms with E-state index in [1.54, 1.807) is 0 Å². The van der Waals surface area contributed by atoms with Gasteiger partial charge in [-0.2, -0.15) is 0 Å². The van der Waals surface area contributed by atoms with Crippen molar-refractivity contribution in [2.24, 2.45) is 0 Å². The molecule has 0 rings (SSSR count). The van der Waals surface area contributed by atoms with Gasteiger partial charge in [-0.25, -0.2) is 9.36 Å². The van der Waals surface area contributed by atoms with Crippen LogP contribution in [0.4, 0.5) is 0 Å². The number of aliphatic hydroxyl groups is 1. The van der Waals surface area contributed by atoms with Crippen molar-refractivity contribution >= 4 is 25.7 Å². The average Bonchev–Trinajstić information content (AvgIpc) is 3.13. The van der Waals surface area contributed by atoms with Crippen LogP contribution in [0.3, 0.4) is 0 Å². The quantitative estimate of drug-likeness (QED) is 0.0203. The summed E-state index contributed by atoms with van der Waals surface area (Å²) in [6, 6.07) is -1.54. The fraction of sp³-hybridized carbons (Fsp3) is 0.878. The molecule has 3 unspecified atom stereocenters. The smallest absolute Gasteiger partial charge is 0.472 e. The lowest BCUT2D eigenvalue weighted by molar-refractivity contribution is -0.147. The lowest BCUT2D eigenvalue weighted by Crippen LogP contribution is -2.43. The number of carboxylic acid groups (broad SMARTS) is 1. The number of unbranched alkanes of at least 4 members (excludes halogenated alkanes) is 24. The maximum Gasteiger partial charge on any atom is 0.472 e. The number of carbonyl (C=O) groups is 3. The van der Waals surface area contributed by atoms with Crippen molar-refractivity contribution in [3.05, 3.63) is 12.2 Å². The van der Waals surface area contributed by atoms with E-state index in [4.69, 9.17) is 13.8 Å². The number of esters is 1. The molecule has 0 aliphatic heterocycles. The first kappa shape index (κ1) is 51.2. The highest BCUT2D eigenvalue weighted by Gasteiger charge is 2.28. The van der Waals surface area contributed by atoms with Crippen LogP contribution in [0.25, 0.3) is 0 Å². The Labute approximate surface area is 322 Å². The van der Waals surface area contributed by atoms with Gasteiger partial charge in [0.1, 0.15) is 12.7 Å². The molecule has 0 heterocycles. The molecule has 0 saturated carbocycles. The van der Waals surface area contributed by atoms with Gasteiger partial charge in [0.2, 0.25) is 5.91 Å². The van der Waals surface area contributed by atoms with Crippen molar-refractivity contribution in [3.8, 4) is 0 Å². The Bertz CT molecular complexity index is 963. The van der Waals surface area contributed by atoms with E-state index in [1.165, 1.54) is 122 Å². The number of allylic oxidation sites excluding steroid dienone is 2. The molecule has 0 fully saturated rings. The Hall–Kier alpha value is -1.78. The Morgan fingerprint density at radius 3 is 1.43 bits per heavy atom. The van der Waals surface area contributed by atoms with Crippen LogP contribution in [0.1, 0.15) is 200 Å². The standard InChI is InChI=1S/C41H78NO10P/c1-3-5-7-9-11-13-14-15-16-17-18-19-20-21-22-23-24-25-26-28-30-32-39(44)42-38(41(46)47)36-52-53(48,49)51-35-37(43)34-50-40(45)33-31-29-27-12-10-8-6-4-2/h15-16,37-38,43H,3-14,17-36H2,1-2H3,(H,42,44)(H,46,47)(H,48,49)/b16-15+. The lowest BCUT2D eigenvalue weighted by atomic mass is 10.0. The minimum Gasteiger partial charge on any atom is -0.480 e. The van der Waals surface area contributed by atoms with Gasteiger partial charge in [-0.3, -0.25) is 18.6 Å². The van der Waals surface area contributed by atoms with E-state index in [2.05, 4.69) is 31.3 Å². The monoisotopic (exact) mass is 776 g/mol. The molecule has 0 aliphatic rings. The van der Waals surface area contributed by atoms with Crippen molar-refractivity contribution < 1.29 is 47.8 Å². The summed E-state index contributed by atoms with van der Waals surface area (Å²) in [5.41, 5.74) is 0. The molecule has 0 bridgehead atoms. The van der Waals surface area contributed by atoms with E-state index in [9.17, 15) is 34.1 Å². The molecule has 12 heteroatoms. The number of aliphatic hydroxyl groups excluding tert-OH is 1. The van der Waals surface area contributed by atoms with Crippen LogP contribution in [-0.2, 0) is 32.7 Å². The summed E-state index contributed by atoms with van der Waals surface area (Å²) in [6.07, 6.45) is 35.4. The molecule has 0 spiro atoms. The van der Waals surface area contributed by atoms with Crippen LogP contribution in [0.2, 0.25) is 0 Å². The van der Waals surface area contributed by atoms with E-state index >= 15 is 0 Å². The number of phosphoric acid groups is 1. The molecule has 0 saturated heterocycles. The zero-order valence-corrected chi connectivity index (χ0v) is 34.5. The zero-order valence-electron chi connectivity index (χ0n) is 33.6. The number of nitrogens with one attached hydrogen (secondary N) is 1. The molecule has 1 amide bonds. The Kier molecular flexibility index (Phi) is 35.9. The minimum absolute atomic E-state index is 0.148. The topological polar surface area (TPSA) is 169 Å². The third-order valence-electron chi connectivity index (χ3n) is 9.30. The molecule has 0 radical (unpaired) electrons. The highest BCUT2D eigenvalue weighted by molar-refractivity contribution is 7.47. The van der Waals surface area contributed by atoms with Crippen LogP contribution in [0.15, 0.2) is 12.2 Å². The summed E-state index contributed by atoms with van der Waals surface area (Å²) in [6.45, 7) is 2.55. The molecule has 312 valence electrons. The highest BCUT2D eigenvalue weighted by Crippen LogP contribution is 2.43. The van der Waals surface area contributed by atoms with Gasteiger partial charge in [0, 0.05) is 12.8 Å². The van der Waals surface area contributed by atoms with E-state index in [-0.39, 0.29) is 12.8 Å². The molecule has 3 atom stereocenters. The summed E-state index contributed by atoms with van der Waals surface area (Å²) in [4.78, 5) is 45.7. The fourth-order valence-electron chi connectivity index (χ4n) is 5.96. The maximum atomic E-state index is 12.3. The van der Waals surface area contributed by atoms with Crippen molar-refractivity contribution in [3.63, 3.8) is 0 Å². The first-order valence-electron chi connectivity index (χ1n) is 21.2. The number of carboxylic acids is 1. The SMILES string of the molecule is CCCCCCCC/C=C/CCCCCCCCCCCCCC(=O)NC(COP(=O)(O)OCC(O)COC(=O)CCCCCCCCCC)C(=O)O. The van der Waals surface area contributed by atoms with Gasteiger partial charge in [-0.15, -0.1) is 0 Å². The first-order chi connectivity index (χ1) is 25.6. The third kappa shape index (κ3) is 36.9. The first-order valence-corrected chi connectivity index (χ1v) is 22.7. The number of amides is 1. The van der Waals surface area contributed by atoms with E-state index in [0.29, 0.717) is 12.8 Å². The Morgan fingerprint density at radius 1 is 0.585 bits per heavy atom. The second kappa shape index (κ2) is 37.2. The number of aliphatic carboxylic acids is 1. The minimum atomic E-state index is -4.74. The van der Waals surface area contributed by atoms with E-state index < -0.39 is 57.6 Å². The fourth-order valence-corrected chi connectivity index (χ4v) is 6.73. The second-order valence-corrected chi connectivity index (χ2v) is 16.0. The highest BCUT2D eigenvalue weighted by atomic mass is 31.2. The molecule has 11 nitrogen and oxygen atoms in total. The molecule has 0 aromatic carbocycles. The number of hydrogen-bond acceptors (Lipinski definition) is 8. The summed E-state index contributed by atoms with van der Waals surface area (Å²) in [5.74, 6) is -2.37. The predicted molar refractivity (Wildman–Crippen MR) is 213 cm³/mol. The number of ether oxygens (including phenoxy) is 1. The predicted octanol–water partition coefficient (Wildman–Crippen LogP) is 10.5. The van der Waals surface area contributed by atoms with Gasteiger partial charge < -0.3 is 25.2 Å². The second-order valence-electron chi connectivity index (χ2n) is 14.5. The summed E-state index contributed by atoms with van der Waals surface area (Å²) in [7, 11) is -4.74. The molecule has 0 aromatic heterocycles. The van der Waals surface area contributed by atoms with E-state index in [0.717, 1.165) is 38.5 Å². The van der Waals surface area contributed by atoms with Crippen molar-refractivity contribution in [2.75, 3.05) is 19.8 Å². The summed E-state index contributed by atoms with van der Waals surface area (Å²) < 4.78 is 26.7. The lowest BCUT2D eigenvalue weighted by Gasteiger charge is -2.18. The zero-order chi connectivity index (χ0) is 39.3. The summed E-state index contributed by atoms with van der Waals surface area (Å²) in [5, 5.41) is 21.7. The largest absolute Gasteiger partial charge is 0.480 e. The molecular weight excluding hydrogens is 697 g/mol. The third-order valence-corrected chi connectivity index (χ3v) is 10.3. The van der Waals surface area contributed by atoms with Gasteiger partial charge in [0.15, 0.2) is 6.04 Å². The van der Waals surface area contributed by atoms with Crippen LogP contribution in [0, 0.1) is 0 Å². The number of carbonyl (C=O) groups excluding carboxylic acids is 2. The molecular formula is C41H78NO10P. The van der Waals surface area contributed by atoms with Crippen LogP contribution in [0.5, 0.6) is 0 Å². The average molecular weight is 776 g/mol. The van der Waals surface area contributed by atoms with Gasteiger partial charge in [-0.1, -0.05) is 161 Å². The number of phosphoric ester groups is 1. The van der Waals surface area contributed by atoms with E-state index in [1.807, 2.05) is 0 Å². The summed E-state index contributed by atoms with van der Waals surface area (Å²) >= 11 is 0. The van der Waals surface area contributed by atoms with Crippen LogP contribution >= 0.6 is 7.82 Å². The molecule has 53 heavy (non-hydrogen) atoms. The van der Waals surface area contributed by atoms with Crippen molar-refractivity contribution in [2.45, 2.75) is 212 Å². The van der Waals surface area contributed by atoms with Gasteiger partial charge in [0.25, 0.3) is 0 Å². The van der Waals surface area contributed by atoms with Gasteiger partial charge in [-0.05, 0) is 38.5 Å². The van der Waals surface area contributed by atoms with Gasteiger partial charge >= 0.3 is 19.8 Å². The van der Waals surface area contributed by atoms with Crippen LogP contribution < -0.4 is 5.32 Å².